The smallest absolute Gasteiger partial charge is 0.251 e. The molecule has 5 heteroatoms. The molecule has 18 heavy (non-hydrogen) atoms. The number of amides is 1. The van der Waals surface area contributed by atoms with E-state index in [0.717, 1.165) is 18.3 Å². The van der Waals surface area contributed by atoms with E-state index in [2.05, 4.69) is 22.2 Å². The van der Waals surface area contributed by atoms with Gasteiger partial charge in [-0.2, -0.15) is 0 Å². The highest BCUT2D eigenvalue weighted by Gasteiger charge is 2.25. The van der Waals surface area contributed by atoms with Crippen LogP contribution in [-0.4, -0.2) is 42.0 Å². The Kier molecular flexibility index (Phi) is 4.19. The third-order valence-electron chi connectivity index (χ3n) is 3.10. The molecule has 0 bridgehead atoms. The number of rotatable bonds is 5. The topological polar surface area (TPSA) is 45.2 Å². The van der Waals surface area contributed by atoms with Crippen LogP contribution >= 0.6 is 11.6 Å². The molecular formula is C13H18ClN3O. The van der Waals surface area contributed by atoms with E-state index in [1.165, 1.54) is 12.8 Å². The van der Waals surface area contributed by atoms with Crippen molar-refractivity contribution in [3.05, 3.63) is 28.5 Å². The molecule has 1 aromatic heterocycles. The summed E-state index contributed by atoms with van der Waals surface area (Å²) in [5.41, 5.74) is 1.32. The second kappa shape index (κ2) is 5.67. The van der Waals surface area contributed by atoms with Crippen LogP contribution in [0.5, 0.6) is 0 Å². The number of nitrogens with one attached hydrogen (secondary N) is 1. The number of aromatic nitrogens is 1. The van der Waals surface area contributed by atoms with Gasteiger partial charge in [0.1, 0.15) is 5.15 Å². The van der Waals surface area contributed by atoms with Crippen molar-refractivity contribution in [2.75, 3.05) is 20.1 Å². The average molecular weight is 268 g/mol. The minimum absolute atomic E-state index is 0.0911. The van der Waals surface area contributed by atoms with E-state index in [1.807, 2.05) is 6.92 Å². The van der Waals surface area contributed by atoms with Crippen molar-refractivity contribution < 1.29 is 4.79 Å². The molecule has 98 valence electrons. The molecule has 1 heterocycles. The molecule has 0 aliphatic heterocycles. The normalized spacial score (nSPS) is 14.9. The van der Waals surface area contributed by atoms with Crippen LogP contribution in [-0.2, 0) is 0 Å². The molecule has 1 aliphatic carbocycles. The van der Waals surface area contributed by atoms with E-state index in [9.17, 15) is 4.79 Å². The fourth-order valence-electron chi connectivity index (χ4n) is 1.90. The lowest BCUT2D eigenvalue weighted by molar-refractivity contribution is 0.0949. The molecule has 4 nitrogen and oxygen atoms in total. The van der Waals surface area contributed by atoms with E-state index >= 15 is 0 Å². The first-order valence-electron chi connectivity index (χ1n) is 6.19. The fourth-order valence-corrected chi connectivity index (χ4v) is 2.16. The SMILES string of the molecule is Cc1cc(C(=O)NCCN(C)C2CC2)cc(Cl)n1. The lowest BCUT2D eigenvalue weighted by atomic mass is 10.2. The van der Waals surface area contributed by atoms with Crippen molar-refractivity contribution in [3.8, 4) is 0 Å². The number of hydrogen-bond donors (Lipinski definition) is 1. The number of nitrogens with zero attached hydrogens (tertiary/aromatic N) is 2. The van der Waals surface area contributed by atoms with Gasteiger partial charge in [0.25, 0.3) is 5.91 Å². The molecule has 0 aromatic carbocycles. The number of likely N-dealkylation sites (N-methyl/N-ethyl adjacent to an activating group) is 1. The maximum absolute atomic E-state index is 11.9. The highest BCUT2D eigenvalue weighted by molar-refractivity contribution is 6.29. The number of aryl methyl sites for hydroxylation is 1. The Morgan fingerprint density at radius 1 is 1.56 bits per heavy atom. The first-order valence-corrected chi connectivity index (χ1v) is 6.56. The molecule has 1 N–H and O–H groups in total. The molecule has 0 unspecified atom stereocenters. The highest BCUT2D eigenvalue weighted by atomic mass is 35.5. The second-order valence-electron chi connectivity index (χ2n) is 4.79. The van der Waals surface area contributed by atoms with E-state index in [0.29, 0.717) is 17.3 Å². The van der Waals surface area contributed by atoms with Gasteiger partial charge in [0.15, 0.2) is 0 Å². The first kappa shape index (κ1) is 13.3. The van der Waals surface area contributed by atoms with Crippen LogP contribution in [0.1, 0.15) is 28.9 Å². The minimum atomic E-state index is -0.0911. The number of hydrogen-bond acceptors (Lipinski definition) is 3. The van der Waals surface area contributed by atoms with Crippen LogP contribution in [0.3, 0.4) is 0 Å². The van der Waals surface area contributed by atoms with Crippen LogP contribution in [0.15, 0.2) is 12.1 Å². The highest BCUT2D eigenvalue weighted by Crippen LogP contribution is 2.24. The lowest BCUT2D eigenvalue weighted by Gasteiger charge is -2.15. The summed E-state index contributed by atoms with van der Waals surface area (Å²) < 4.78 is 0. The van der Waals surface area contributed by atoms with Gasteiger partial charge in [-0.15, -0.1) is 0 Å². The summed E-state index contributed by atoms with van der Waals surface area (Å²) in [5, 5.41) is 3.26. The maximum atomic E-state index is 11.9. The van der Waals surface area contributed by atoms with Crippen molar-refractivity contribution in [2.24, 2.45) is 0 Å². The van der Waals surface area contributed by atoms with Crippen molar-refractivity contribution in [1.29, 1.82) is 0 Å². The fraction of sp³-hybridized carbons (Fsp3) is 0.538. The Morgan fingerprint density at radius 3 is 2.89 bits per heavy atom. The summed E-state index contributed by atoms with van der Waals surface area (Å²) in [6, 6.07) is 4.06. The van der Waals surface area contributed by atoms with Crippen molar-refractivity contribution in [3.63, 3.8) is 0 Å². The van der Waals surface area contributed by atoms with Gasteiger partial charge in [0.05, 0.1) is 0 Å². The molecule has 0 saturated heterocycles. The standard InChI is InChI=1S/C13H18ClN3O/c1-9-7-10(8-12(14)16-9)13(18)15-5-6-17(2)11-3-4-11/h7-8,11H,3-6H2,1-2H3,(H,15,18). The summed E-state index contributed by atoms with van der Waals surface area (Å²) in [6.45, 7) is 3.36. The minimum Gasteiger partial charge on any atom is -0.351 e. The number of pyridine rings is 1. The summed E-state index contributed by atoms with van der Waals surface area (Å²) in [7, 11) is 2.09. The van der Waals surface area contributed by atoms with Gasteiger partial charge in [-0.25, -0.2) is 4.98 Å². The van der Waals surface area contributed by atoms with Gasteiger partial charge in [-0.1, -0.05) is 11.6 Å². The number of carbonyl (C=O) groups is 1. The molecule has 1 amide bonds. The molecule has 2 rings (SSSR count). The van der Waals surface area contributed by atoms with E-state index in [1.54, 1.807) is 12.1 Å². The average Bonchev–Trinajstić information content (AvgIpc) is 3.11. The van der Waals surface area contributed by atoms with Gasteiger partial charge in [0, 0.05) is 30.4 Å². The predicted molar refractivity (Wildman–Crippen MR) is 72.0 cm³/mol. The summed E-state index contributed by atoms with van der Waals surface area (Å²) in [4.78, 5) is 18.2. The van der Waals surface area contributed by atoms with Crippen LogP contribution in [0.4, 0.5) is 0 Å². The zero-order valence-electron chi connectivity index (χ0n) is 10.7. The monoisotopic (exact) mass is 267 g/mol. The van der Waals surface area contributed by atoms with Gasteiger partial charge in [-0.05, 0) is 38.9 Å². The zero-order chi connectivity index (χ0) is 13.1. The Morgan fingerprint density at radius 2 is 2.28 bits per heavy atom. The summed E-state index contributed by atoms with van der Waals surface area (Å²) >= 11 is 5.83. The molecule has 1 aliphatic rings. The van der Waals surface area contributed by atoms with Crippen LogP contribution < -0.4 is 5.32 Å². The Hall–Kier alpha value is -1.13. The quantitative estimate of drug-likeness (QED) is 0.829. The molecule has 0 spiro atoms. The van der Waals surface area contributed by atoms with Crippen LogP contribution in [0, 0.1) is 6.92 Å². The van der Waals surface area contributed by atoms with Crippen molar-refractivity contribution in [2.45, 2.75) is 25.8 Å². The third-order valence-corrected chi connectivity index (χ3v) is 3.30. The second-order valence-corrected chi connectivity index (χ2v) is 5.17. The zero-order valence-corrected chi connectivity index (χ0v) is 11.5. The number of carbonyl (C=O) groups excluding carboxylic acids is 1. The van der Waals surface area contributed by atoms with Gasteiger partial charge < -0.3 is 10.2 Å². The maximum Gasteiger partial charge on any atom is 0.251 e. The van der Waals surface area contributed by atoms with Gasteiger partial charge in [0.2, 0.25) is 0 Å². The first-order chi connectivity index (χ1) is 8.56. The third kappa shape index (κ3) is 3.68. The van der Waals surface area contributed by atoms with Crippen molar-refractivity contribution in [1.82, 2.24) is 15.2 Å². The number of halogens is 1. The largest absolute Gasteiger partial charge is 0.351 e. The van der Waals surface area contributed by atoms with E-state index in [4.69, 9.17) is 11.6 Å². The molecule has 0 radical (unpaired) electrons. The molecular weight excluding hydrogens is 250 g/mol. The predicted octanol–water partition coefficient (Wildman–Crippen LogP) is 1.87. The molecule has 1 saturated carbocycles. The van der Waals surface area contributed by atoms with Gasteiger partial charge >= 0.3 is 0 Å². The van der Waals surface area contributed by atoms with Crippen LogP contribution in [0.2, 0.25) is 5.15 Å². The van der Waals surface area contributed by atoms with E-state index < -0.39 is 0 Å². The molecule has 1 fully saturated rings. The Bertz CT molecular complexity index is 426. The lowest BCUT2D eigenvalue weighted by Crippen LogP contribution is -2.34. The molecule has 1 aromatic rings. The van der Waals surface area contributed by atoms with Crippen LogP contribution in [0.25, 0.3) is 0 Å². The van der Waals surface area contributed by atoms with Gasteiger partial charge in [-0.3, -0.25) is 4.79 Å². The summed E-state index contributed by atoms with van der Waals surface area (Å²) in [6.07, 6.45) is 2.56. The Balaban J connectivity index is 1.83. The summed E-state index contributed by atoms with van der Waals surface area (Å²) in [5.74, 6) is -0.0911. The van der Waals surface area contributed by atoms with E-state index in [-0.39, 0.29) is 5.91 Å². The van der Waals surface area contributed by atoms with Crippen molar-refractivity contribution >= 4 is 17.5 Å². The Labute approximate surface area is 112 Å². The molecule has 0 atom stereocenters.